The van der Waals surface area contributed by atoms with Crippen LogP contribution < -0.4 is 5.32 Å². The van der Waals surface area contributed by atoms with Crippen molar-refractivity contribution in [2.24, 2.45) is 0 Å². The quantitative estimate of drug-likeness (QED) is 0.455. The second-order valence-electron chi connectivity index (χ2n) is 6.82. The van der Waals surface area contributed by atoms with Crippen LogP contribution in [0.1, 0.15) is 42.5 Å². The lowest BCUT2D eigenvalue weighted by Crippen LogP contribution is -2.07. The zero-order valence-electron chi connectivity index (χ0n) is 17.9. The summed E-state index contributed by atoms with van der Waals surface area (Å²) in [6.07, 6.45) is 5.22. The lowest BCUT2D eigenvalue weighted by Gasteiger charge is -2.14. The minimum Gasteiger partial charge on any atom is -0.466 e. The molecule has 6 heteroatoms. The molecule has 0 bridgehead atoms. The third-order valence-corrected chi connectivity index (χ3v) is 5.66. The highest BCUT2D eigenvalue weighted by atomic mass is 32.1. The summed E-state index contributed by atoms with van der Waals surface area (Å²) >= 11 is 1.68. The molecule has 0 saturated carbocycles. The zero-order chi connectivity index (χ0) is 21.5. The number of hydrogen-bond acceptors (Lipinski definition) is 6. The van der Waals surface area contributed by atoms with Gasteiger partial charge >= 0.3 is 5.97 Å². The number of hydrogen-bond donors (Lipinski definition) is 1. The van der Waals surface area contributed by atoms with Gasteiger partial charge < -0.3 is 10.1 Å². The van der Waals surface area contributed by atoms with E-state index in [0.29, 0.717) is 6.61 Å². The number of allylic oxidation sites excluding steroid dienone is 1. The summed E-state index contributed by atoms with van der Waals surface area (Å²) in [5.74, 6) is 1.33. The van der Waals surface area contributed by atoms with Crippen LogP contribution in [0.4, 0.5) is 11.5 Å². The first-order valence-electron chi connectivity index (χ1n) is 10.2. The first kappa shape index (κ1) is 21.7. The highest BCUT2D eigenvalue weighted by molar-refractivity contribution is 7.16. The van der Waals surface area contributed by atoms with E-state index in [1.165, 1.54) is 4.88 Å². The maximum Gasteiger partial charge on any atom is 0.310 e. The van der Waals surface area contributed by atoms with Crippen LogP contribution in [0, 0.1) is 6.92 Å². The summed E-state index contributed by atoms with van der Waals surface area (Å²) in [7, 11) is 0. The van der Waals surface area contributed by atoms with Crippen molar-refractivity contribution in [2.75, 3.05) is 11.9 Å². The molecule has 0 saturated heterocycles. The summed E-state index contributed by atoms with van der Waals surface area (Å²) in [6.45, 7) is 8.35. The molecule has 0 aliphatic rings. The number of esters is 1. The minimum atomic E-state index is -0.212. The number of ether oxygens (including phenoxy) is 1. The predicted molar refractivity (Wildman–Crippen MR) is 124 cm³/mol. The van der Waals surface area contributed by atoms with Gasteiger partial charge in [-0.15, -0.1) is 11.3 Å². The molecule has 3 aromatic rings. The molecule has 0 amide bonds. The molecule has 0 aliphatic heterocycles. The lowest BCUT2D eigenvalue weighted by atomic mass is 10.1. The molecule has 0 aliphatic carbocycles. The fraction of sp³-hybridized carbons (Fsp3) is 0.292. The van der Waals surface area contributed by atoms with E-state index in [4.69, 9.17) is 14.7 Å². The predicted octanol–water partition coefficient (Wildman–Crippen LogP) is 5.96. The van der Waals surface area contributed by atoms with Gasteiger partial charge in [-0.3, -0.25) is 4.79 Å². The number of benzene rings is 1. The Hall–Kier alpha value is -2.99. The van der Waals surface area contributed by atoms with Gasteiger partial charge in [0.15, 0.2) is 5.82 Å². The van der Waals surface area contributed by atoms with Gasteiger partial charge in [-0.1, -0.05) is 25.1 Å². The number of rotatable bonds is 8. The normalized spacial score (nSPS) is 11.1. The molecule has 0 radical (unpaired) electrons. The van der Waals surface area contributed by atoms with E-state index in [1.807, 2.05) is 51.1 Å². The largest absolute Gasteiger partial charge is 0.466 e. The molecule has 1 N–H and O–H groups in total. The average Bonchev–Trinajstić information content (AvgIpc) is 3.18. The van der Waals surface area contributed by atoms with Crippen LogP contribution in [-0.2, 0) is 22.4 Å². The summed E-state index contributed by atoms with van der Waals surface area (Å²) < 4.78 is 5.01. The van der Waals surface area contributed by atoms with Crippen molar-refractivity contribution < 1.29 is 9.53 Å². The van der Waals surface area contributed by atoms with E-state index in [2.05, 4.69) is 30.4 Å². The SMILES string of the molecule is CC=Cc1ccc(-c2nc(C)c(CC)c(Nc3ccc(CC(=O)OCC)cc3)n2)s1. The number of carbonyl (C=O) groups excluding carboxylic acids is 1. The molecule has 2 heterocycles. The Kier molecular flexibility index (Phi) is 7.36. The number of nitrogens with one attached hydrogen (secondary N) is 1. The van der Waals surface area contributed by atoms with E-state index < -0.39 is 0 Å². The number of anilines is 2. The zero-order valence-corrected chi connectivity index (χ0v) is 18.7. The summed E-state index contributed by atoms with van der Waals surface area (Å²) in [5.41, 5.74) is 3.91. The van der Waals surface area contributed by atoms with Gasteiger partial charge in [0.2, 0.25) is 0 Å². The Morgan fingerprint density at radius 3 is 2.57 bits per heavy atom. The Balaban J connectivity index is 1.85. The van der Waals surface area contributed by atoms with Crippen molar-refractivity contribution >= 4 is 34.9 Å². The third-order valence-electron chi connectivity index (χ3n) is 4.62. The van der Waals surface area contributed by atoms with Gasteiger partial charge in [0.25, 0.3) is 0 Å². The molecular weight excluding hydrogens is 394 g/mol. The van der Waals surface area contributed by atoms with E-state index in [9.17, 15) is 4.79 Å². The number of carbonyl (C=O) groups is 1. The first-order chi connectivity index (χ1) is 14.5. The summed E-state index contributed by atoms with van der Waals surface area (Å²) in [6, 6.07) is 11.9. The fourth-order valence-electron chi connectivity index (χ4n) is 3.18. The fourth-order valence-corrected chi connectivity index (χ4v) is 4.09. The average molecular weight is 422 g/mol. The molecule has 1 aromatic carbocycles. The summed E-state index contributed by atoms with van der Waals surface area (Å²) in [4.78, 5) is 23.5. The van der Waals surface area contributed by atoms with Crippen LogP contribution in [0.3, 0.4) is 0 Å². The second-order valence-corrected chi connectivity index (χ2v) is 7.93. The number of thiophene rings is 1. The maximum absolute atomic E-state index is 11.7. The molecule has 30 heavy (non-hydrogen) atoms. The highest BCUT2D eigenvalue weighted by Gasteiger charge is 2.13. The molecule has 3 rings (SSSR count). The Bertz CT molecular complexity index is 1040. The van der Waals surface area contributed by atoms with Gasteiger partial charge in [-0.2, -0.15) is 0 Å². The first-order valence-corrected chi connectivity index (χ1v) is 11.0. The molecule has 156 valence electrons. The van der Waals surface area contributed by atoms with Crippen LogP contribution in [-0.4, -0.2) is 22.5 Å². The topological polar surface area (TPSA) is 64.1 Å². The Morgan fingerprint density at radius 1 is 1.13 bits per heavy atom. The molecule has 0 unspecified atom stereocenters. The van der Waals surface area contributed by atoms with E-state index in [1.54, 1.807) is 11.3 Å². The third kappa shape index (κ3) is 5.33. The van der Waals surface area contributed by atoms with Crippen molar-refractivity contribution in [1.82, 2.24) is 9.97 Å². The number of nitrogens with zero attached hydrogens (tertiary/aromatic N) is 2. The Morgan fingerprint density at radius 2 is 1.90 bits per heavy atom. The van der Waals surface area contributed by atoms with Gasteiger partial charge in [0.05, 0.1) is 17.9 Å². The van der Waals surface area contributed by atoms with Gasteiger partial charge in [0, 0.05) is 21.8 Å². The van der Waals surface area contributed by atoms with Gasteiger partial charge in [0.1, 0.15) is 5.82 Å². The Labute approximate surface area is 181 Å². The minimum absolute atomic E-state index is 0.212. The van der Waals surface area contributed by atoms with E-state index in [-0.39, 0.29) is 12.4 Å². The number of aromatic nitrogens is 2. The van der Waals surface area contributed by atoms with Crippen molar-refractivity contribution in [1.29, 1.82) is 0 Å². The van der Waals surface area contributed by atoms with Crippen molar-refractivity contribution in [3.63, 3.8) is 0 Å². The standard InChI is InChI=1S/C24H27N3O2S/c1-5-8-19-13-14-21(30-19)24-25-16(4)20(6-2)23(27-24)26-18-11-9-17(10-12-18)15-22(28)29-7-3/h5,8-14H,6-7,15H2,1-4H3,(H,25,26,27). The van der Waals surface area contributed by atoms with Crippen molar-refractivity contribution in [3.8, 4) is 10.7 Å². The van der Waals surface area contributed by atoms with Crippen LogP contribution in [0.2, 0.25) is 0 Å². The van der Waals surface area contributed by atoms with Crippen LogP contribution in [0.15, 0.2) is 42.5 Å². The van der Waals surface area contributed by atoms with E-state index in [0.717, 1.165) is 45.4 Å². The second kappa shape index (κ2) is 10.2. The monoisotopic (exact) mass is 421 g/mol. The molecule has 0 fully saturated rings. The molecule has 5 nitrogen and oxygen atoms in total. The smallest absolute Gasteiger partial charge is 0.310 e. The van der Waals surface area contributed by atoms with Crippen LogP contribution in [0.5, 0.6) is 0 Å². The van der Waals surface area contributed by atoms with Crippen LogP contribution >= 0.6 is 11.3 Å². The lowest BCUT2D eigenvalue weighted by molar-refractivity contribution is -0.142. The van der Waals surface area contributed by atoms with Crippen molar-refractivity contribution in [3.05, 3.63) is 64.2 Å². The van der Waals surface area contributed by atoms with Gasteiger partial charge in [-0.25, -0.2) is 9.97 Å². The molecular formula is C24H27N3O2S. The molecule has 0 atom stereocenters. The van der Waals surface area contributed by atoms with E-state index >= 15 is 0 Å². The van der Waals surface area contributed by atoms with Gasteiger partial charge in [-0.05, 0) is 63.1 Å². The summed E-state index contributed by atoms with van der Waals surface area (Å²) in [5, 5.41) is 3.44. The van der Waals surface area contributed by atoms with Crippen LogP contribution in [0.25, 0.3) is 16.8 Å². The van der Waals surface area contributed by atoms with Crippen molar-refractivity contribution in [2.45, 2.75) is 40.5 Å². The maximum atomic E-state index is 11.7. The highest BCUT2D eigenvalue weighted by Crippen LogP contribution is 2.30. The molecule has 0 spiro atoms. The number of aryl methyl sites for hydroxylation is 1. The molecule has 2 aromatic heterocycles.